The van der Waals surface area contributed by atoms with Gasteiger partial charge in [-0.05, 0) is 31.4 Å². The van der Waals surface area contributed by atoms with Crippen LogP contribution in [0, 0.1) is 0 Å². The van der Waals surface area contributed by atoms with Gasteiger partial charge in [0, 0.05) is 6.42 Å². The Morgan fingerprint density at radius 2 is 1.79 bits per heavy atom. The first-order valence-electron chi connectivity index (χ1n) is 4.83. The van der Waals surface area contributed by atoms with Gasteiger partial charge in [-0.1, -0.05) is 24.3 Å². The summed E-state index contributed by atoms with van der Waals surface area (Å²) in [5, 5.41) is 9.17. The lowest BCUT2D eigenvalue weighted by atomic mass is 10.0. The maximum absolute atomic E-state index is 10.8. The monoisotopic (exact) mass is 192 g/mol. The molecule has 2 heteroatoms. The first kappa shape index (κ1) is 10.9. The summed E-state index contributed by atoms with van der Waals surface area (Å²) in [6, 6.07) is 7.81. The third kappa shape index (κ3) is 3.71. The number of aliphatic hydroxyl groups excluding tert-OH is 1. The van der Waals surface area contributed by atoms with Gasteiger partial charge in [0.05, 0.1) is 6.10 Å². The molecule has 0 aliphatic rings. The summed E-state index contributed by atoms with van der Waals surface area (Å²) in [6.07, 6.45) is 0.851. The van der Waals surface area contributed by atoms with E-state index in [0.29, 0.717) is 12.8 Å². The van der Waals surface area contributed by atoms with Gasteiger partial charge in [-0.2, -0.15) is 0 Å². The third-order valence-corrected chi connectivity index (χ3v) is 2.01. The summed E-state index contributed by atoms with van der Waals surface area (Å²) < 4.78 is 0. The zero-order valence-electron chi connectivity index (χ0n) is 8.66. The lowest BCUT2D eigenvalue weighted by Crippen LogP contribution is -2.04. The Kier molecular flexibility index (Phi) is 3.84. The Hall–Kier alpha value is -1.15. The van der Waals surface area contributed by atoms with Crippen LogP contribution in [0.5, 0.6) is 0 Å². The minimum Gasteiger partial charge on any atom is -0.393 e. The number of carbonyl (C=O) groups excluding carboxylic acids is 1. The average Bonchev–Trinajstić information content (AvgIpc) is 2.06. The second-order valence-electron chi connectivity index (χ2n) is 3.75. The van der Waals surface area contributed by atoms with Crippen LogP contribution in [0.2, 0.25) is 0 Å². The summed E-state index contributed by atoms with van der Waals surface area (Å²) in [7, 11) is 0. The highest BCUT2D eigenvalue weighted by molar-refractivity contribution is 5.78. The van der Waals surface area contributed by atoms with Crippen molar-refractivity contribution in [3.8, 4) is 0 Å². The zero-order chi connectivity index (χ0) is 10.6. The highest BCUT2D eigenvalue weighted by Gasteiger charge is 2.00. The Morgan fingerprint density at radius 1 is 1.29 bits per heavy atom. The van der Waals surface area contributed by atoms with E-state index in [-0.39, 0.29) is 11.9 Å². The number of ketones is 1. The predicted octanol–water partition coefficient (Wildman–Crippen LogP) is 1.74. The van der Waals surface area contributed by atoms with Gasteiger partial charge < -0.3 is 5.11 Å². The normalized spacial score (nSPS) is 12.5. The van der Waals surface area contributed by atoms with Crippen molar-refractivity contribution in [1.29, 1.82) is 0 Å². The molecule has 0 bridgehead atoms. The molecule has 0 saturated heterocycles. The molecule has 0 aromatic heterocycles. The van der Waals surface area contributed by atoms with Crippen molar-refractivity contribution in [2.24, 2.45) is 0 Å². The quantitative estimate of drug-likeness (QED) is 0.789. The summed E-state index contributed by atoms with van der Waals surface area (Å²) >= 11 is 0. The number of Topliss-reactive ketones (excluding diaryl/α,β-unsaturated/α-hetero) is 1. The molecule has 2 nitrogen and oxygen atoms in total. The molecule has 0 unspecified atom stereocenters. The van der Waals surface area contributed by atoms with E-state index < -0.39 is 0 Å². The number of aliphatic hydroxyl groups is 1. The van der Waals surface area contributed by atoms with Gasteiger partial charge in [0.2, 0.25) is 0 Å². The SMILES string of the molecule is CC(=O)Cc1ccc(C[C@H](C)O)cc1. The van der Waals surface area contributed by atoms with Crippen molar-refractivity contribution in [2.45, 2.75) is 32.8 Å². The van der Waals surface area contributed by atoms with Crippen molar-refractivity contribution in [2.75, 3.05) is 0 Å². The minimum atomic E-state index is -0.311. The fourth-order valence-electron chi connectivity index (χ4n) is 1.42. The minimum absolute atomic E-state index is 0.174. The number of benzene rings is 1. The van der Waals surface area contributed by atoms with E-state index >= 15 is 0 Å². The van der Waals surface area contributed by atoms with Crippen molar-refractivity contribution >= 4 is 5.78 Å². The van der Waals surface area contributed by atoms with Gasteiger partial charge in [0.1, 0.15) is 5.78 Å². The van der Waals surface area contributed by atoms with Crippen molar-refractivity contribution in [1.82, 2.24) is 0 Å². The molecular weight excluding hydrogens is 176 g/mol. The molecule has 14 heavy (non-hydrogen) atoms. The number of carbonyl (C=O) groups is 1. The van der Waals surface area contributed by atoms with Gasteiger partial charge in [0.15, 0.2) is 0 Å². The van der Waals surface area contributed by atoms with E-state index in [4.69, 9.17) is 5.11 Å². The highest BCUT2D eigenvalue weighted by atomic mass is 16.3. The maximum Gasteiger partial charge on any atom is 0.134 e. The van der Waals surface area contributed by atoms with Crippen LogP contribution in [0.25, 0.3) is 0 Å². The van der Waals surface area contributed by atoms with Crippen molar-refractivity contribution in [3.05, 3.63) is 35.4 Å². The van der Waals surface area contributed by atoms with E-state index in [1.165, 1.54) is 0 Å². The fourth-order valence-corrected chi connectivity index (χ4v) is 1.42. The molecule has 1 aromatic carbocycles. The lowest BCUT2D eigenvalue weighted by molar-refractivity contribution is -0.116. The molecule has 0 heterocycles. The molecule has 0 fully saturated rings. The lowest BCUT2D eigenvalue weighted by Gasteiger charge is -2.05. The number of hydrogen-bond donors (Lipinski definition) is 1. The number of rotatable bonds is 4. The molecule has 0 aliphatic carbocycles. The summed E-state index contributed by atoms with van der Waals surface area (Å²) in [4.78, 5) is 10.8. The van der Waals surface area contributed by atoms with Crippen LogP contribution in [-0.2, 0) is 17.6 Å². The second kappa shape index (κ2) is 4.91. The Bertz CT molecular complexity index is 299. The van der Waals surface area contributed by atoms with E-state index in [1.54, 1.807) is 13.8 Å². The van der Waals surface area contributed by atoms with Gasteiger partial charge in [-0.3, -0.25) is 4.79 Å². The largest absolute Gasteiger partial charge is 0.393 e. The van der Waals surface area contributed by atoms with E-state index in [2.05, 4.69) is 0 Å². The average molecular weight is 192 g/mol. The molecule has 1 aromatic rings. The van der Waals surface area contributed by atoms with Gasteiger partial charge >= 0.3 is 0 Å². The van der Waals surface area contributed by atoms with E-state index in [1.807, 2.05) is 24.3 Å². The van der Waals surface area contributed by atoms with Crippen LogP contribution >= 0.6 is 0 Å². The molecule has 0 aliphatic heterocycles. The molecule has 0 amide bonds. The molecule has 0 spiro atoms. The maximum atomic E-state index is 10.8. The summed E-state index contributed by atoms with van der Waals surface area (Å²) in [5.41, 5.74) is 2.14. The van der Waals surface area contributed by atoms with Crippen LogP contribution in [0.1, 0.15) is 25.0 Å². The topological polar surface area (TPSA) is 37.3 Å². The van der Waals surface area contributed by atoms with Crippen LogP contribution in [0.15, 0.2) is 24.3 Å². The molecule has 1 rings (SSSR count). The van der Waals surface area contributed by atoms with Gasteiger partial charge in [0.25, 0.3) is 0 Å². The smallest absolute Gasteiger partial charge is 0.134 e. The van der Waals surface area contributed by atoms with Crippen LogP contribution < -0.4 is 0 Å². The molecule has 1 N–H and O–H groups in total. The first-order chi connectivity index (χ1) is 6.58. The summed E-state index contributed by atoms with van der Waals surface area (Å²) in [5.74, 6) is 0.174. The van der Waals surface area contributed by atoms with Crippen LogP contribution in [-0.4, -0.2) is 17.0 Å². The molecule has 0 saturated carbocycles. The van der Waals surface area contributed by atoms with Gasteiger partial charge in [-0.15, -0.1) is 0 Å². The van der Waals surface area contributed by atoms with Crippen LogP contribution in [0.4, 0.5) is 0 Å². The third-order valence-electron chi connectivity index (χ3n) is 2.01. The Morgan fingerprint density at radius 3 is 2.21 bits per heavy atom. The molecule has 1 atom stereocenters. The van der Waals surface area contributed by atoms with Crippen molar-refractivity contribution in [3.63, 3.8) is 0 Å². The Balaban J connectivity index is 2.63. The first-order valence-corrected chi connectivity index (χ1v) is 4.83. The Labute approximate surface area is 84.6 Å². The fraction of sp³-hybridized carbons (Fsp3) is 0.417. The number of hydrogen-bond acceptors (Lipinski definition) is 2. The van der Waals surface area contributed by atoms with Crippen molar-refractivity contribution < 1.29 is 9.90 Å². The molecule has 76 valence electrons. The van der Waals surface area contributed by atoms with E-state index in [0.717, 1.165) is 11.1 Å². The van der Waals surface area contributed by atoms with E-state index in [9.17, 15) is 4.79 Å². The second-order valence-corrected chi connectivity index (χ2v) is 3.75. The zero-order valence-corrected chi connectivity index (χ0v) is 8.66. The standard InChI is InChI=1S/C12H16O2/c1-9(13)7-11-3-5-12(6-4-11)8-10(2)14/h3-6,9,13H,7-8H2,1-2H3/t9-/m0/s1. The molecule has 0 radical (unpaired) electrons. The summed E-state index contributed by atoms with van der Waals surface area (Å²) in [6.45, 7) is 3.35. The highest BCUT2D eigenvalue weighted by Crippen LogP contribution is 2.07. The van der Waals surface area contributed by atoms with Crippen LogP contribution in [0.3, 0.4) is 0 Å². The van der Waals surface area contributed by atoms with Gasteiger partial charge in [-0.25, -0.2) is 0 Å². The predicted molar refractivity (Wildman–Crippen MR) is 56.2 cm³/mol. The molecular formula is C12H16O2.